The zero-order valence-corrected chi connectivity index (χ0v) is 15.9. The first kappa shape index (κ1) is 19.4. The lowest BCUT2D eigenvalue weighted by Gasteiger charge is -2.23. The second-order valence-corrected chi connectivity index (χ2v) is 6.49. The van der Waals surface area contributed by atoms with E-state index in [1.165, 1.54) is 12.5 Å². The molecule has 0 saturated heterocycles. The highest BCUT2D eigenvalue weighted by Gasteiger charge is 2.16. The quantitative estimate of drug-likeness (QED) is 0.545. The molecule has 4 nitrogen and oxygen atoms in total. The molecule has 0 fully saturated rings. The van der Waals surface area contributed by atoms with Crippen molar-refractivity contribution < 1.29 is 14.3 Å². The van der Waals surface area contributed by atoms with Gasteiger partial charge in [-0.25, -0.2) is 0 Å². The average molecular weight is 373 g/mol. The van der Waals surface area contributed by atoms with E-state index in [4.69, 9.17) is 4.74 Å². The first-order chi connectivity index (χ1) is 13.6. The van der Waals surface area contributed by atoms with Crippen LogP contribution in [0, 0.1) is 0 Å². The maximum Gasteiger partial charge on any atom is 0.264 e. The number of rotatable bonds is 8. The maximum atomic E-state index is 12.9. The molecule has 0 radical (unpaired) electrons. The van der Waals surface area contributed by atoms with Crippen LogP contribution >= 0.6 is 0 Å². The third kappa shape index (κ3) is 5.30. The summed E-state index contributed by atoms with van der Waals surface area (Å²) in [5.74, 6) is 0.345. The van der Waals surface area contributed by atoms with Crippen LogP contribution in [-0.4, -0.2) is 24.8 Å². The van der Waals surface area contributed by atoms with Crippen LogP contribution < -0.4 is 9.64 Å². The van der Waals surface area contributed by atoms with Crippen molar-refractivity contribution in [2.45, 2.75) is 13.3 Å². The molecule has 0 N–H and O–H groups in total. The number of ketones is 1. The molecule has 0 bridgehead atoms. The van der Waals surface area contributed by atoms with Gasteiger partial charge in [-0.2, -0.15) is 0 Å². The van der Waals surface area contributed by atoms with E-state index < -0.39 is 0 Å². The fourth-order valence-corrected chi connectivity index (χ4v) is 2.92. The number of nitrogens with zero attached hydrogens (tertiary/aromatic N) is 1. The lowest BCUT2D eigenvalue weighted by atomic mass is 10.1. The number of para-hydroxylation sites is 1. The SMILES string of the molecule is CC(=O)c1cccc(OCC(=O)N(CCc2ccccc2)c2ccccc2)c1. The Kier molecular flexibility index (Phi) is 6.58. The van der Waals surface area contributed by atoms with Crippen LogP contribution in [0.15, 0.2) is 84.9 Å². The number of amides is 1. The summed E-state index contributed by atoms with van der Waals surface area (Å²) in [5.41, 5.74) is 2.57. The minimum atomic E-state index is -0.129. The number of hydrogen-bond donors (Lipinski definition) is 0. The molecule has 0 aliphatic rings. The average Bonchev–Trinajstić information content (AvgIpc) is 2.74. The highest BCUT2D eigenvalue weighted by molar-refractivity contribution is 5.95. The summed E-state index contributed by atoms with van der Waals surface area (Å²) in [7, 11) is 0. The third-order valence-corrected chi connectivity index (χ3v) is 4.44. The van der Waals surface area contributed by atoms with Gasteiger partial charge in [-0.1, -0.05) is 60.7 Å². The van der Waals surface area contributed by atoms with E-state index in [0.29, 0.717) is 17.9 Å². The van der Waals surface area contributed by atoms with Gasteiger partial charge in [0, 0.05) is 17.8 Å². The Hall–Kier alpha value is -3.40. The molecule has 3 aromatic carbocycles. The van der Waals surface area contributed by atoms with Crippen LogP contribution in [0.5, 0.6) is 5.75 Å². The number of anilines is 1. The van der Waals surface area contributed by atoms with Crippen molar-refractivity contribution >= 4 is 17.4 Å². The first-order valence-corrected chi connectivity index (χ1v) is 9.26. The summed E-state index contributed by atoms with van der Waals surface area (Å²) >= 11 is 0. The second kappa shape index (κ2) is 9.51. The van der Waals surface area contributed by atoms with E-state index in [2.05, 4.69) is 12.1 Å². The van der Waals surface area contributed by atoms with E-state index in [0.717, 1.165) is 12.1 Å². The Morgan fingerprint density at radius 2 is 1.54 bits per heavy atom. The lowest BCUT2D eigenvalue weighted by molar-refractivity contribution is -0.120. The number of Topliss-reactive ketones (excluding diaryl/α,β-unsaturated/α-hetero) is 1. The molecule has 0 aliphatic heterocycles. The molecule has 0 heterocycles. The molecule has 3 aromatic rings. The Morgan fingerprint density at radius 3 is 2.21 bits per heavy atom. The van der Waals surface area contributed by atoms with E-state index in [1.54, 1.807) is 29.2 Å². The summed E-state index contributed by atoms with van der Waals surface area (Å²) in [6.45, 7) is 1.97. The molecule has 0 saturated carbocycles. The van der Waals surface area contributed by atoms with Crippen molar-refractivity contribution in [2.75, 3.05) is 18.1 Å². The van der Waals surface area contributed by atoms with Gasteiger partial charge in [-0.3, -0.25) is 9.59 Å². The van der Waals surface area contributed by atoms with Crippen molar-refractivity contribution in [1.29, 1.82) is 0 Å². The molecular formula is C24H23NO3. The molecule has 4 heteroatoms. The Labute approximate surface area is 165 Å². The van der Waals surface area contributed by atoms with Gasteiger partial charge in [0.2, 0.25) is 0 Å². The predicted octanol–water partition coefficient (Wildman–Crippen LogP) is 4.54. The minimum Gasteiger partial charge on any atom is -0.484 e. The smallest absolute Gasteiger partial charge is 0.264 e. The molecule has 0 aromatic heterocycles. The van der Waals surface area contributed by atoms with Gasteiger partial charge in [0.1, 0.15) is 5.75 Å². The first-order valence-electron chi connectivity index (χ1n) is 9.26. The monoisotopic (exact) mass is 373 g/mol. The van der Waals surface area contributed by atoms with Gasteiger partial charge in [-0.15, -0.1) is 0 Å². The molecule has 0 unspecified atom stereocenters. The van der Waals surface area contributed by atoms with E-state index >= 15 is 0 Å². The van der Waals surface area contributed by atoms with Crippen LogP contribution in [0.3, 0.4) is 0 Å². The largest absolute Gasteiger partial charge is 0.484 e. The maximum absolute atomic E-state index is 12.9. The van der Waals surface area contributed by atoms with Crippen LogP contribution in [0.4, 0.5) is 5.69 Å². The zero-order valence-electron chi connectivity index (χ0n) is 15.9. The van der Waals surface area contributed by atoms with E-state index in [1.807, 2.05) is 48.5 Å². The normalized spacial score (nSPS) is 10.3. The Balaban J connectivity index is 1.69. The van der Waals surface area contributed by atoms with Gasteiger partial charge in [0.25, 0.3) is 5.91 Å². The second-order valence-electron chi connectivity index (χ2n) is 6.49. The Bertz CT molecular complexity index is 923. The van der Waals surface area contributed by atoms with Gasteiger partial charge >= 0.3 is 0 Å². The minimum absolute atomic E-state index is 0.0365. The fourth-order valence-electron chi connectivity index (χ4n) is 2.92. The molecule has 1 amide bonds. The van der Waals surface area contributed by atoms with E-state index in [9.17, 15) is 9.59 Å². The highest BCUT2D eigenvalue weighted by atomic mass is 16.5. The van der Waals surface area contributed by atoms with Crippen molar-refractivity contribution in [1.82, 2.24) is 0 Å². The summed E-state index contributed by atoms with van der Waals surface area (Å²) in [5, 5.41) is 0. The molecule has 142 valence electrons. The van der Waals surface area contributed by atoms with Crippen LogP contribution in [-0.2, 0) is 11.2 Å². The standard InChI is InChI=1S/C24H23NO3/c1-19(26)21-11-8-14-23(17-21)28-18-24(27)25(22-12-6-3-7-13-22)16-15-20-9-4-2-5-10-20/h2-14,17H,15-16,18H2,1H3. The number of hydrogen-bond acceptors (Lipinski definition) is 3. The number of carbonyl (C=O) groups excluding carboxylic acids is 2. The van der Waals surface area contributed by atoms with Crippen molar-refractivity contribution in [2.24, 2.45) is 0 Å². The topological polar surface area (TPSA) is 46.6 Å². The van der Waals surface area contributed by atoms with Crippen LogP contribution in [0.25, 0.3) is 0 Å². The summed E-state index contributed by atoms with van der Waals surface area (Å²) < 4.78 is 5.67. The third-order valence-electron chi connectivity index (χ3n) is 4.44. The molecule has 3 rings (SSSR count). The number of ether oxygens (including phenoxy) is 1. The lowest BCUT2D eigenvalue weighted by Crippen LogP contribution is -2.36. The van der Waals surface area contributed by atoms with Gasteiger partial charge < -0.3 is 9.64 Å². The fraction of sp³-hybridized carbons (Fsp3) is 0.167. The van der Waals surface area contributed by atoms with Crippen LogP contribution in [0.1, 0.15) is 22.8 Å². The Morgan fingerprint density at radius 1 is 0.857 bits per heavy atom. The van der Waals surface area contributed by atoms with Crippen molar-refractivity contribution in [3.63, 3.8) is 0 Å². The van der Waals surface area contributed by atoms with Crippen molar-refractivity contribution in [3.05, 3.63) is 96.1 Å². The molecule has 0 aliphatic carbocycles. The summed E-state index contributed by atoms with van der Waals surface area (Å²) in [4.78, 5) is 26.1. The summed E-state index contributed by atoms with van der Waals surface area (Å²) in [6.07, 6.45) is 0.751. The molecular weight excluding hydrogens is 350 g/mol. The molecule has 0 spiro atoms. The zero-order chi connectivity index (χ0) is 19.8. The van der Waals surface area contributed by atoms with Gasteiger partial charge in [0.15, 0.2) is 12.4 Å². The van der Waals surface area contributed by atoms with Crippen molar-refractivity contribution in [3.8, 4) is 5.75 Å². The summed E-state index contributed by atoms with van der Waals surface area (Å²) in [6, 6.07) is 26.5. The van der Waals surface area contributed by atoms with Gasteiger partial charge in [0.05, 0.1) is 0 Å². The van der Waals surface area contributed by atoms with Gasteiger partial charge in [-0.05, 0) is 43.2 Å². The van der Waals surface area contributed by atoms with Crippen LogP contribution in [0.2, 0.25) is 0 Å². The molecule has 28 heavy (non-hydrogen) atoms. The number of carbonyl (C=O) groups is 2. The highest BCUT2D eigenvalue weighted by Crippen LogP contribution is 2.17. The number of benzene rings is 3. The molecule has 0 atom stereocenters. The van der Waals surface area contributed by atoms with E-state index in [-0.39, 0.29) is 18.3 Å². The predicted molar refractivity (Wildman–Crippen MR) is 111 cm³/mol.